The molecule has 0 aromatic heterocycles. The molecule has 3 nitrogen and oxygen atoms in total. The van der Waals surface area contributed by atoms with Crippen LogP contribution in [0.1, 0.15) is 22.3 Å². The first-order valence-electron chi connectivity index (χ1n) is 5.08. The molecule has 3 heteroatoms. The summed E-state index contributed by atoms with van der Waals surface area (Å²) in [4.78, 5) is 0. The van der Waals surface area contributed by atoms with Crippen molar-refractivity contribution in [3.05, 3.63) is 40.0 Å². The van der Waals surface area contributed by atoms with Gasteiger partial charge in [0, 0.05) is 0 Å². The van der Waals surface area contributed by atoms with E-state index >= 15 is 0 Å². The lowest BCUT2D eigenvalue weighted by Gasteiger charge is -2.08. The molecule has 0 saturated carbocycles. The van der Waals surface area contributed by atoms with Gasteiger partial charge in [-0.2, -0.15) is 15.8 Å². The SMILES string of the molecule is Cc1cc(C(C#N)=C(C#N)C#N)cc(C)c1C. The summed E-state index contributed by atoms with van der Waals surface area (Å²) in [5.74, 6) is 0. The average Bonchev–Trinajstić information content (AvgIpc) is 2.32. The summed E-state index contributed by atoms with van der Waals surface area (Å²) < 4.78 is 0. The second-order valence-corrected chi connectivity index (χ2v) is 3.82. The third kappa shape index (κ3) is 2.33. The lowest BCUT2D eigenvalue weighted by atomic mass is 9.95. The summed E-state index contributed by atoms with van der Waals surface area (Å²) in [7, 11) is 0. The zero-order chi connectivity index (χ0) is 13.0. The molecule has 0 N–H and O–H groups in total. The van der Waals surface area contributed by atoms with Crippen molar-refractivity contribution in [1.29, 1.82) is 15.8 Å². The Bertz CT molecular complexity index is 577. The van der Waals surface area contributed by atoms with E-state index in [1.165, 1.54) is 0 Å². The highest BCUT2D eigenvalue weighted by Crippen LogP contribution is 2.23. The van der Waals surface area contributed by atoms with Gasteiger partial charge in [-0.1, -0.05) is 12.1 Å². The van der Waals surface area contributed by atoms with E-state index in [2.05, 4.69) is 0 Å². The number of nitriles is 3. The maximum Gasteiger partial charge on any atom is 0.148 e. The van der Waals surface area contributed by atoms with Crippen molar-refractivity contribution in [3.63, 3.8) is 0 Å². The van der Waals surface area contributed by atoms with E-state index in [0.717, 1.165) is 16.7 Å². The van der Waals surface area contributed by atoms with E-state index in [-0.39, 0.29) is 11.1 Å². The van der Waals surface area contributed by atoms with Gasteiger partial charge in [0.05, 0.1) is 5.57 Å². The fourth-order valence-corrected chi connectivity index (χ4v) is 1.58. The quantitative estimate of drug-likeness (QED) is 0.684. The van der Waals surface area contributed by atoms with Crippen molar-refractivity contribution >= 4 is 5.57 Å². The lowest BCUT2D eigenvalue weighted by molar-refractivity contribution is 1.26. The normalized spacial score (nSPS) is 8.71. The molecule has 0 atom stereocenters. The number of nitrogens with zero attached hydrogens (tertiary/aromatic N) is 3. The first-order valence-corrected chi connectivity index (χ1v) is 5.08. The summed E-state index contributed by atoms with van der Waals surface area (Å²) in [5, 5.41) is 26.7. The van der Waals surface area contributed by atoms with Crippen molar-refractivity contribution in [2.45, 2.75) is 20.8 Å². The van der Waals surface area contributed by atoms with Gasteiger partial charge in [0.1, 0.15) is 23.8 Å². The molecule has 1 aromatic carbocycles. The Balaban J connectivity index is 3.57. The molecule has 1 aromatic rings. The number of allylic oxidation sites excluding steroid dienone is 2. The Kier molecular flexibility index (Phi) is 3.66. The predicted molar refractivity (Wildman–Crippen MR) is 64.4 cm³/mol. The number of rotatable bonds is 1. The lowest BCUT2D eigenvalue weighted by Crippen LogP contribution is -1.93. The third-order valence-corrected chi connectivity index (χ3v) is 2.80. The molecule has 0 amide bonds. The predicted octanol–water partition coefficient (Wildman–Crippen LogP) is 2.94. The highest BCUT2D eigenvalue weighted by Gasteiger charge is 2.10. The van der Waals surface area contributed by atoms with Gasteiger partial charge in [0.15, 0.2) is 0 Å². The van der Waals surface area contributed by atoms with Gasteiger partial charge in [-0.25, -0.2) is 0 Å². The highest BCUT2D eigenvalue weighted by atomic mass is 14.3. The number of aryl methyl sites for hydroxylation is 2. The Morgan fingerprint density at radius 3 is 1.71 bits per heavy atom. The maximum atomic E-state index is 9.05. The molecule has 1 rings (SSSR count). The van der Waals surface area contributed by atoms with E-state index in [4.69, 9.17) is 15.8 Å². The molecule has 0 bridgehead atoms. The summed E-state index contributed by atoms with van der Waals surface area (Å²) in [6, 6.07) is 9.09. The van der Waals surface area contributed by atoms with Crippen LogP contribution in [0.15, 0.2) is 17.7 Å². The van der Waals surface area contributed by atoms with Crippen molar-refractivity contribution in [2.24, 2.45) is 0 Å². The van der Waals surface area contributed by atoms with Crippen LogP contribution >= 0.6 is 0 Å². The molecule has 0 radical (unpaired) electrons. The second kappa shape index (κ2) is 4.97. The first-order chi connectivity index (χ1) is 8.04. The largest absolute Gasteiger partial charge is 0.192 e. The van der Waals surface area contributed by atoms with Gasteiger partial charge in [-0.05, 0) is 43.0 Å². The van der Waals surface area contributed by atoms with Gasteiger partial charge in [0.25, 0.3) is 0 Å². The van der Waals surface area contributed by atoms with Crippen molar-refractivity contribution < 1.29 is 0 Å². The van der Waals surface area contributed by atoms with E-state index in [1.54, 1.807) is 12.1 Å². The van der Waals surface area contributed by atoms with Gasteiger partial charge < -0.3 is 0 Å². The molecule has 0 saturated heterocycles. The van der Waals surface area contributed by atoms with E-state index in [1.807, 2.05) is 39.0 Å². The first kappa shape index (κ1) is 12.5. The Labute approximate surface area is 101 Å². The van der Waals surface area contributed by atoms with Crippen LogP contribution in [0.25, 0.3) is 5.57 Å². The van der Waals surface area contributed by atoms with E-state index in [9.17, 15) is 0 Å². The molecular weight excluding hydrogens is 210 g/mol. The molecule has 0 aliphatic rings. The van der Waals surface area contributed by atoms with Crippen LogP contribution in [-0.4, -0.2) is 0 Å². The minimum absolute atomic E-state index is 0.140. The van der Waals surface area contributed by atoms with Crippen molar-refractivity contribution in [2.75, 3.05) is 0 Å². The van der Waals surface area contributed by atoms with Crippen LogP contribution in [0.5, 0.6) is 0 Å². The zero-order valence-corrected chi connectivity index (χ0v) is 10.00. The van der Waals surface area contributed by atoms with Crippen LogP contribution < -0.4 is 0 Å². The molecule has 0 fully saturated rings. The Morgan fingerprint density at radius 2 is 1.35 bits per heavy atom. The van der Waals surface area contributed by atoms with Crippen LogP contribution in [0.4, 0.5) is 0 Å². The number of hydrogen-bond acceptors (Lipinski definition) is 3. The molecule has 0 aliphatic carbocycles. The van der Waals surface area contributed by atoms with Gasteiger partial charge in [-0.3, -0.25) is 0 Å². The van der Waals surface area contributed by atoms with Crippen molar-refractivity contribution in [1.82, 2.24) is 0 Å². The fraction of sp³-hybridized carbons (Fsp3) is 0.214. The molecular formula is C14H11N3. The molecule has 82 valence electrons. The van der Waals surface area contributed by atoms with Crippen LogP contribution in [0.2, 0.25) is 0 Å². The maximum absolute atomic E-state index is 9.05. The standard InChI is InChI=1S/C14H11N3/c1-9-4-12(5-10(2)11(9)3)14(8-17)13(6-15)7-16/h4-5H,1-3H3. The average molecular weight is 221 g/mol. The molecule has 0 spiro atoms. The van der Waals surface area contributed by atoms with Crippen LogP contribution in [0, 0.1) is 54.8 Å². The fourth-order valence-electron chi connectivity index (χ4n) is 1.58. The van der Waals surface area contributed by atoms with Gasteiger partial charge in [-0.15, -0.1) is 0 Å². The van der Waals surface area contributed by atoms with E-state index in [0.29, 0.717) is 5.56 Å². The highest BCUT2D eigenvalue weighted by molar-refractivity contribution is 5.84. The van der Waals surface area contributed by atoms with Crippen molar-refractivity contribution in [3.8, 4) is 18.2 Å². The second-order valence-electron chi connectivity index (χ2n) is 3.82. The van der Waals surface area contributed by atoms with E-state index < -0.39 is 0 Å². The Hall–Kier alpha value is -2.57. The summed E-state index contributed by atoms with van der Waals surface area (Å²) in [5.41, 5.74) is 3.87. The summed E-state index contributed by atoms with van der Waals surface area (Å²) in [6.45, 7) is 5.89. The van der Waals surface area contributed by atoms with Gasteiger partial charge >= 0.3 is 0 Å². The minimum Gasteiger partial charge on any atom is -0.192 e. The third-order valence-electron chi connectivity index (χ3n) is 2.80. The van der Waals surface area contributed by atoms with Crippen LogP contribution in [0.3, 0.4) is 0 Å². The monoisotopic (exact) mass is 221 g/mol. The minimum atomic E-state index is -0.143. The molecule has 0 aliphatic heterocycles. The topological polar surface area (TPSA) is 71.4 Å². The van der Waals surface area contributed by atoms with Gasteiger partial charge in [0.2, 0.25) is 0 Å². The Morgan fingerprint density at radius 1 is 0.882 bits per heavy atom. The summed E-state index contributed by atoms with van der Waals surface area (Å²) in [6.07, 6.45) is 0. The molecule has 0 heterocycles. The smallest absolute Gasteiger partial charge is 0.148 e. The van der Waals surface area contributed by atoms with Crippen LogP contribution in [-0.2, 0) is 0 Å². The number of benzene rings is 1. The molecule has 17 heavy (non-hydrogen) atoms. The molecule has 0 unspecified atom stereocenters. The number of hydrogen-bond donors (Lipinski definition) is 0. The summed E-state index contributed by atoms with van der Waals surface area (Å²) >= 11 is 0. The zero-order valence-electron chi connectivity index (χ0n) is 10.00.